The van der Waals surface area contributed by atoms with Crippen LogP contribution >= 0.6 is 15.9 Å². The summed E-state index contributed by atoms with van der Waals surface area (Å²) >= 11 is 3.61. The number of anilines is 2. The zero-order valence-corrected chi connectivity index (χ0v) is 31.1. The topological polar surface area (TPSA) is 129 Å². The number of esters is 1. The van der Waals surface area contributed by atoms with E-state index in [1.54, 1.807) is 17.9 Å². The van der Waals surface area contributed by atoms with Gasteiger partial charge >= 0.3 is 5.97 Å². The summed E-state index contributed by atoms with van der Waals surface area (Å²) in [6.45, 7) is 9.24. The third kappa shape index (κ3) is 6.62. The van der Waals surface area contributed by atoms with Crippen molar-refractivity contribution in [3.8, 4) is 0 Å². The van der Waals surface area contributed by atoms with Crippen LogP contribution in [0, 0.1) is 11.8 Å². The van der Waals surface area contributed by atoms with Crippen LogP contribution in [0.2, 0.25) is 0 Å². The molecule has 0 aromatic heterocycles. The van der Waals surface area contributed by atoms with E-state index < -0.39 is 65.6 Å². The van der Waals surface area contributed by atoms with Crippen LogP contribution in [0.5, 0.6) is 0 Å². The Kier molecular flexibility index (Phi) is 11.0. The molecule has 12 heteroatoms. The molecule has 8 atom stereocenters. The first-order valence-corrected chi connectivity index (χ1v) is 18.7. The molecule has 0 saturated carbocycles. The lowest BCUT2D eigenvalue weighted by molar-refractivity contribution is -0.161. The van der Waals surface area contributed by atoms with E-state index in [0.717, 1.165) is 18.8 Å². The molecule has 4 aliphatic rings. The molecule has 2 N–H and O–H groups in total. The van der Waals surface area contributed by atoms with Crippen molar-refractivity contribution >= 4 is 51.0 Å². The maximum absolute atomic E-state index is 15.2. The number of hydrogen-bond acceptors (Lipinski definition) is 8. The van der Waals surface area contributed by atoms with Gasteiger partial charge in [-0.2, -0.15) is 0 Å². The van der Waals surface area contributed by atoms with E-state index in [2.05, 4.69) is 40.0 Å². The summed E-state index contributed by atoms with van der Waals surface area (Å²) in [5.74, 6) is -3.88. The van der Waals surface area contributed by atoms with Gasteiger partial charge in [0.25, 0.3) is 5.91 Å². The fraction of sp³-hybridized carbons (Fsp3) is 0.487. The van der Waals surface area contributed by atoms with Crippen LogP contribution in [-0.4, -0.2) is 89.8 Å². The number of nitrogens with one attached hydrogen (secondary N) is 1. The molecule has 0 aliphatic carbocycles. The summed E-state index contributed by atoms with van der Waals surface area (Å²) < 4.78 is 13.5. The van der Waals surface area contributed by atoms with Crippen molar-refractivity contribution in [1.82, 2.24) is 10.2 Å². The van der Waals surface area contributed by atoms with E-state index in [-0.39, 0.29) is 25.5 Å². The predicted octanol–water partition coefficient (Wildman–Crippen LogP) is 4.65. The van der Waals surface area contributed by atoms with Gasteiger partial charge in [-0.25, -0.2) is 0 Å². The fourth-order valence-corrected chi connectivity index (χ4v) is 8.87. The summed E-state index contributed by atoms with van der Waals surface area (Å²) in [5, 5.41) is 13.6. The van der Waals surface area contributed by atoms with Gasteiger partial charge in [0.1, 0.15) is 29.8 Å². The summed E-state index contributed by atoms with van der Waals surface area (Å²) in [6, 6.07) is 14.4. The normalized spacial score (nSPS) is 30.8. The lowest BCUT2D eigenvalue weighted by Crippen LogP contribution is -2.58. The van der Waals surface area contributed by atoms with E-state index >= 15 is 4.79 Å². The minimum Gasteiger partial charge on any atom is -0.455 e. The van der Waals surface area contributed by atoms with Crippen molar-refractivity contribution in [1.29, 1.82) is 0 Å². The van der Waals surface area contributed by atoms with Gasteiger partial charge in [0.2, 0.25) is 11.8 Å². The first-order valence-electron chi connectivity index (χ1n) is 17.9. The zero-order chi connectivity index (χ0) is 36.4. The molecule has 272 valence electrons. The average Bonchev–Trinajstić information content (AvgIpc) is 3.73. The highest BCUT2D eigenvalue weighted by molar-refractivity contribution is 9.11. The standard InChI is InChI=1S/C39H47BrN4O7/c1-5-26(23-45)44-35-37(48)43(28-19-17-27(18-20-28)42(6-2)7-3)21-13-9-12-16-30(46)41-24(4)33(25-14-10-8-11-15-25)50-38(49)31-32(36(44)47)39(35)22-29(40)34(31)51-39/h8-11,13-15,17-20,22,24,26,31-35,45H,5-7,12,16,21,23H2,1-4H3,(H,41,46)/b13-9-/t24-,26+,31+,32-,33+,34+,35+,39-/m1/s1. The molecular formula is C39H47BrN4O7. The van der Waals surface area contributed by atoms with Crippen LogP contribution in [0.3, 0.4) is 0 Å². The lowest BCUT2D eigenvalue weighted by Gasteiger charge is -2.38. The molecule has 2 aromatic carbocycles. The minimum absolute atomic E-state index is 0.159. The van der Waals surface area contributed by atoms with Crippen molar-refractivity contribution in [3.63, 3.8) is 0 Å². The number of rotatable bonds is 8. The smallest absolute Gasteiger partial charge is 0.313 e. The third-order valence-electron chi connectivity index (χ3n) is 10.7. The zero-order valence-electron chi connectivity index (χ0n) is 29.5. The molecule has 0 unspecified atom stereocenters. The molecule has 11 nitrogen and oxygen atoms in total. The minimum atomic E-state index is -1.50. The van der Waals surface area contributed by atoms with Crippen LogP contribution in [0.4, 0.5) is 11.4 Å². The number of allylic oxidation sites excluding steroid dienone is 1. The van der Waals surface area contributed by atoms with E-state index in [0.29, 0.717) is 28.6 Å². The molecule has 2 fully saturated rings. The Balaban J connectivity index is 1.47. The van der Waals surface area contributed by atoms with Crippen LogP contribution < -0.4 is 15.1 Å². The number of hydrogen-bond donors (Lipinski definition) is 2. The van der Waals surface area contributed by atoms with Crippen LogP contribution in [0.25, 0.3) is 0 Å². The van der Waals surface area contributed by atoms with Gasteiger partial charge in [0.15, 0.2) is 0 Å². The number of aliphatic hydroxyl groups is 1. The maximum Gasteiger partial charge on any atom is 0.313 e. The van der Waals surface area contributed by atoms with Crippen molar-refractivity contribution in [2.24, 2.45) is 11.8 Å². The molecule has 6 rings (SSSR count). The van der Waals surface area contributed by atoms with Crippen molar-refractivity contribution in [2.75, 3.05) is 36.0 Å². The number of carbonyl (C=O) groups excluding carboxylic acids is 4. The molecule has 2 saturated heterocycles. The van der Waals surface area contributed by atoms with E-state index in [4.69, 9.17) is 9.47 Å². The number of likely N-dealkylation sites (tertiary alicyclic amines) is 1. The van der Waals surface area contributed by atoms with Crippen LogP contribution in [0.15, 0.2) is 77.3 Å². The summed E-state index contributed by atoms with van der Waals surface area (Å²) in [6.07, 6.45) is 4.76. The van der Waals surface area contributed by atoms with Crippen molar-refractivity contribution in [2.45, 2.75) is 82.9 Å². The van der Waals surface area contributed by atoms with Crippen LogP contribution in [0.1, 0.15) is 58.6 Å². The Bertz CT molecular complexity index is 1680. The molecule has 5 bridgehead atoms. The fourth-order valence-electron chi connectivity index (χ4n) is 8.13. The number of amides is 3. The van der Waals surface area contributed by atoms with Gasteiger partial charge in [0.05, 0.1) is 24.6 Å². The summed E-state index contributed by atoms with van der Waals surface area (Å²) in [5.41, 5.74) is 0.820. The first kappa shape index (κ1) is 36.8. The SMILES string of the molecule is CC[C@@H](CO)N1C(=O)[C@H]2[C@@H]3C(=O)O[C@H](c4ccccc4)[C@@H](C)NC(=O)CC/C=C\CN(c4ccc(N(CC)CC)cc4)C(=O)[C@H]1[C@@]21C=C(Br)[C@@H]3O1. The molecule has 2 aromatic rings. The van der Waals surface area contributed by atoms with Crippen LogP contribution in [-0.2, 0) is 28.7 Å². The third-order valence-corrected chi connectivity index (χ3v) is 11.4. The number of benzene rings is 2. The van der Waals surface area contributed by atoms with Gasteiger partial charge in [-0.15, -0.1) is 0 Å². The monoisotopic (exact) mass is 762 g/mol. The number of carbonyl (C=O) groups is 4. The molecule has 3 amide bonds. The summed E-state index contributed by atoms with van der Waals surface area (Å²) in [7, 11) is 0. The van der Waals surface area contributed by atoms with E-state index in [9.17, 15) is 19.5 Å². The Morgan fingerprint density at radius 1 is 0.980 bits per heavy atom. The second kappa shape index (κ2) is 15.3. The summed E-state index contributed by atoms with van der Waals surface area (Å²) in [4.78, 5) is 62.7. The number of halogens is 1. The van der Waals surface area contributed by atoms with Gasteiger partial charge in [-0.1, -0.05) is 65.3 Å². The highest BCUT2D eigenvalue weighted by Gasteiger charge is 2.75. The molecule has 4 heterocycles. The van der Waals surface area contributed by atoms with E-state index in [1.807, 2.05) is 73.7 Å². The number of ether oxygens (including phenoxy) is 2. The second-order valence-electron chi connectivity index (χ2n) is 13.6. The Morgan fingerprint density at radius 2 is 1.69 bits per heavy atom. The lowest BCUT2D eigenvalue weighted by atomic mass is 9.74. The van der Waals surface area contributed by atoms with Gasteiger partial charge < -0.3 is 34.6 Å². The van der Waals surface area contributed by atoms with Gasteiger partial charge in [0, 0.05) is 41.9 Å². The Hall–Kier alpha value is -4.00. The second-order valence-corrected chi connectivity index (χ2v) is 14.5. The average molecular weight is 764 g/mol. The number of cyclic esters (lactones) is 1. The molecule has 51 heavy (non-hydrogen) atoms. The predicted molar refractivity (Wildman–Crippen MR) is 197 cm³/mol. The molecule has 0 radical (unpaired) electrons. The van der Waals surface area contributed by atoms with Crippen molar-refractivity contribution < 1.29 is 33.8 Å². The number of nitrogens with zero attached hydrogens (tertiary/aromatic N) is 3. The number of aliphatic hydroxyl groups excluding tert-OH is 1. The molecule has 1 spiro atoms. The van der Waals surface area contributed by atoms with Gasteiger partial charge in [-0.05, 0) is 69.5 Å². The van der Waals surface area contributed by atoms with Crippen molar-refractivity contribution in [3.05, 3.63) is 82.9 Å². The quantitative estimate of drug-likeness (QED) is 0.294. The highest BCUT2D eigenvalue weighted by atomic mass is 79.9. The first-order chi connectivity index (χ1) is 24.6. The van der Waals surface area contributed by atoms with Gasteiger partial charge in [-0.3, -0.25) is 19.2 Å². The highest BCUT2D eigenvalue weighted by Crippen LogP contribution is 2.59. The Morgan fingerprint density at radius 3 is 2.33 bits per heavy atom. The molecule has 4 aliphatic heterocycles. The van der Waals surface area contributed by atoms with E-state index in [1.165, 1.54) is 4.90 Å². The molecular weight excluding hydrogens is 716 g/mol. The Labute approximate surface area is 307 Å². The maximum atomic E-state index is 15.2. The largest absolute Gasteiger partial charge is 0.455 e. The number of fused-ring (bicyclic) bond motifs is 2.